The molecule has 1 N–H and O–H groups in total. The lowest BCUT2D eigenvalue weighted by molar-refractivity contribution is -0.116. The van der Waals surface area contributed by atoms with Gasteiger partial charge < -0.3 is 10.2 Å². The molecule has 2 aromatic carbocycles. The van der Waals surface area contributed by atoms with Crippen LogP contribution < -0.4 is 10.2 Å². The van der Waals surface area contributed by atoms with Crippen molar-refractivity contribution in [2.75, 3.05) is 23.3 Å². The van der Waals surface area contributed by atoms with Crippen molar-refractivity contribution in [1.29, 1.82) is 0 Å². The highest BCUT2D eigenvalue weighted by atomic mass is 35.5. The molecule has 3 rings (SSSR count). The summed E-state index contributed by atoms with van der Waals surface area (Å²) in [7, 11) is 0. The van der Waals surface area contributed by atoms with Crippen molar-refractivity contribution in [3.8, 4) is 0 Å². The second-order valence-corrected chi connectivity index (χ2v) is 6.66. The number of benzene rings is 2. The van der Waals surface area contributed by atoms with Crippen LogP contribution in [0.5, 0.6) is 0 Å². The molecule has 0 unspecified atom stereocenters. The first-order valence-corrected chi connectivity index (χ1v) is 8.93. The van der Waals surface area contributed by atoms with Crippen LogP contribution in [-0.2, 0) is 4.79 Å². The number of ketones is 1. The van der Waals surface area contributed by atoms with Gasteiger partial charge in [0.2, 0.25) is 5.91 Å². The van der Waals surface area contributed by atoms with E-state index in [1.165, 1.54) is 12.8 Å². The molecule has 0 aromatic heterocycles. The fraction of sp³-hybridized carbons (Fsp3) is 0.300. The fourth-order valence-electron chi connectivity index (χ4n) is 3.01. The minimum Gasteiger partial charge on any atom is -0.371 e. The highest BCUT2D eigenvalue weighted by Crippen LogP contribution is 2.23. The van der Waals surface area contributed by atoms with Crippen molar-refractivity contribution in [3.63, 3.8) is 0 Å². The van der Waals surface area contributed by atoms with Crippen LogP contribution in [0.4, 0.5) is 11.4 Å². The Morgan fingerprint density at radius 2 is 1.76 bits per heavy atom. The Morgan fingerprint density at radius 1 is 1.00 bits per heavy atom. The van der Waals surface area contributed by atoms with Crippen LogP contribution in [0.2, 0.25) is 5.02 Å². The van der Waals surface area contributed by atoms with Gasteiger partial charge in [-0.25, -0.2) is 0 Å². The van der Waals surface area contributed by atoms with Crippen LogP contribution in [0.15, 0.2) is 48.5 Å². The summed E-state index contributed by atoms with van der Waals surface area (Å²) >= 11 is 5.89. The smallest absolute Gasteiger partial charge is 0.224 e. The van der Waals surface area contributed by atoms with Crippen LogP contribution >= 0.6 is 11.6 Å². The molecule has 1 amide bonds. The number of nitrogens with zero attached hydrogens (tertiary/aromatic N) is 1. The number of halogens is 1. The summed E-state index contributed by atoms with van der Waals surface area (Å²) in [6, 6.07) is 14.7. The van der Waals surface area contributed by atoms with Gasteiger partial charge in [-0.3, -0.25) is 9.59 Å². The third-order valence-corrected chi connectivity index (χ3v) is 4.56. The molecule has 1 heterocycles. The first-order valence-electron chi connectivity index (χ1n) is 8.55. The van der Waals surface area contributed by atoms with E-state index in [4.69, 9.17) is 11.6 Å². The summed E-state index contributed by atoms with van der Waals surface area (Å²) in [6.07, 6.45) is 2.74. The maximum absolute atomic E-state index is 12.1. The van der Waals surface area contributed by atoms with Gasteiger partial charge in [-0.05, 0) is 43.2 Å². The minimum absolute atomic E-state index is 0.0801. The number of amides is 1. The third-order valence-electron chi connectivity index (χ3n) is 4.33. The Labute approximate surface area is 152 Å². The van der Waals surface area contributed by atoms with Crippen LogP contribution in [0.1, 0.15) is 36.0 Å². The Kier molecular flexibility index (Phi) is 5.71. The first-order chi connectivity index (χ1) is 12.1. The molecule has 1 aliphatic rings. The Balaban J connectivity index is 1.54. The number of rotatable bonds is 6. The molecule has 0 saturated carbocycles. The molecule has 0 radical (unpaired) electrons. The van der Waals surface area contributed by atoms with Crippen molar-refractivity contribution < 1.29 is 9.59 Å². The first kappa shape index (κ1) is 17.5. The number of Topliss-reactive ketones (excluding diaryl/α,β-unsaturated/α-hetero) is 1. The molecule has 2 aromatic rings. The SMILES string of the molecule is O=C(CCC(=O)c1cccc(Cl)c1)Nc1cccc(N2CCCC2)c1. The van der Waals surface area contributed by atoms with Crippen LogP contribution in [0, 0.1) is 0 Å². The predicted molar refractivity (Wildman–Crippen MR) is 102 cm³/mol. The lowest BCUT2D eigenvalue weighted by Gasteiger charge is -2.18. The summed E-state index contributed by atoms with van der Waals surface area (Å²) < 4.78 is 0. The summed E-state index contributed by atoms with van der Waals surface area (Å²) in [5.74, 6) is -0.239. The topological polar surface area (TPSA) is 49.4 Å². The number of hydrogen-bond donors (Lipinski definition) is 1. The number of carbonyl (C=O) groups is 2. The second-order valence-electron chi connectivity index (χ2n) is 6.23. The predicted octanol–water partition coefficient (Wildman–Crippen LogP) is 4.54. The summed E-state index contributed by atoms with van der Waals surface area (Å²) in [5, 5.41) is 3.40. The van der Waals surface area contributed by atoms with Crippen LogP contribution in [0.3, 0.4) is 0 Å². The second kappa shape index (κ2) is 8.17. The molecule has 4 nitrogen and oxygen atoms in total. The van der Waals surface area contributed by atoms with Gasteiger partial charge in [-0.2, -0.15) is 0 Å². The van der Waals surface area contributed by atoms with E-state index in [0.717, 1.165) is 24.5 Å². The highest BCUT2D eigenvalue weighted by Gasteiger charge is 2.13. The molecule has 0 bridgehead atoms. The van der Waals surface area contributed by atoms with Crippen molar-refractivity contribution in [2.45, 2.75) is 25.7 Å². The van der Waals surface area contributed by atoms with Crippen molar-refractivity contribution in [1.82, 2.24) is 0 Å². The molecular formula is C20H21ClN2O2. The highest BCUT2D eigenvalue weighted by molar-refractivity contribution is 6.31. The summed E-state index contributed by atoms with van der Waals surface area (Å²) in [6.45, 7) is 2.12. The fourth-order valence-corrected chi connectivity index (χ4v) is 3.20. The Bertz CT molecular complexity index is 770. The molecule has 0 atom stereocenters. The van der Waals surface area contributed by atoms with Crippen LogP contribution in [0.25, 0.3) is 0 Å². The van der Waals surface area contributed by atoms with Gasteiger partial charge in [0.05, 0.1) is 0 Å². The van der Waals surface area contributed by atoms with E-state index < -0.39 is 0 Å². The van der Waals surface area contributed by atoms with Gasteiger partial charge in [-0.1, -0.05) is 29.8 Å². The largest absolute Gasteiger partial charge is 0.371 e. The molecule has 1 saturated heterocycles. The zero-order valence-corrected chi connectivity index (χ0v) is 14.8. The minimum atomic E-state index is -0.158. The maximum Gasteiger partial charge on any atom is 0.224 e. The Hall–Kier alpha value is -2.33. The maximum atomic E-state index is 12.1. The zero-order chi connectivity index (χ0) is 17.6. The average Bonchev–Trinajstić information content (AvgIpc) is 3.14. The van der Waals surface area contributed by atoms with Crippen molar-refractivity contribution in [2.24, 2.45) is 0 Å². The van der Waals surface area contributed by atoms with E-state index >= 15 is 0 Å². The van der Waals surface area contributed by atoms with E-state index in [1.54, 1.807) is 24.3 Å². The number of carbonyl (C=O) groups excluding carboxylic acids is 2. The lowest BCUT2D eigenvalue weighted by atomic mass is 10.1. The average molecular weight is 357 g/mol. The van der Waals surface area contributed by atoms with Gasteiger partial charge >= 0.3 is 0 Å². The van der Waals surface area contributed by atoms with E-state index in [1.807, 2.05) is 18.2 Å². The van der Waals surface area contributed by atoms with Gasteiger partial charge in [0.1, 0.15) is 0 Å². The van der Waals surface area contributed by atoms with Crippen LogP contribution in [-0.4, -0.2) is 24.8 Å². The molecule has 25 heavy (non-hydrogen) atoms. The Morgan fingerprint density at radius 3 is 2.52 bits per heavy atom. The van der Waals surface area contributed by atoms with Crippen molar-refractivity contribution in [3.05, 3.63) is 59.1 Å². The molecule has 0 aliphatic carbocycles. The molecule has 5 heteroatoms. The summed E-state index contributed by atoms with van der Waals surface area (Å²) in [4.78, 5) is 26.6. The van der Waals surface area contributed by atoms with Gasteiger partial charge in [0.25, 0.3) is 0 Å². The normalized spacial score (nSPS) is 13.7. The molecule has 1 fully saturated rings. The quantitative estimate of drug-likeness (QED) is 0.773. The number of nitrogens with one attached hydrogen (secondary N) is 1. The monoisotopic (exact) mass is 356 g/mol. The van der Waals surface area contributed by atoms with E-state index in [2.05, 4.69) is 16.3 Å². The van der Waals surface area contributed by atoms with E-state index in [-0.39, 0.29) is 24.5 Å². The lowest BCUT2D eigenvalue weighted by Crippen LogP contribution is -2.18. The van der Waals surface area contributed by atoms with Gasteiger partial charge in [-0.15, -0.1) is 0 Å². The van der Waals surface area contributed by atoms with Crippen molar-refractivity contribution >= 4 is 34.7 Å². The molecule has 0 spiro atoms. The molecular weight excluding hydrogens is 336 g/mol. The number of anilines is 2. The van der Waals surface area contributed by atoms with E-state index in [0.29, 0.717) is 10.6 Å². The molecule has 130 valence electrons. The summed E-state index contributed by atoms with van der Waals surface area (Å²) in [5.41, 5.74) is 2.44. The van der Waals surface area contributed by atoms with E-state index in [9.17, 15) is 9.59 Å². The molecule has 1 aliphatic heterocycles. The van der Waals surface area contributed by atoms with Gasteiger partial charge in [0, 0.05) is 47.9 Å². The zero-order valence-electron chi connectivity index (χ0n) is 14.0. The number of hydrogen-bond acceptors (Lipinski definition) is 3. The third kappa shape index (κ3) is 4.83. The van der Waals surface area contributed by atoms with Gasteiger partial charge in [0.15, 0.2) is 5.78 Å². The standard InChI is InChI=1S/C20H21ClN2O2/c21-16-6-3-5-15(13-16)19(24)9-10-20(25)22-17-7-4-8-18(14-17)23-11-1-2-12-23/h3-8,13-14H,1-2,9-12H2,(H,22,25).